The summed E-state index contributed by atoms with van der Waals surface area (Å²) in [4.78, 5) is 40.2. The number of rotatable bonds is 2. The van der Waals surface area contributed by atoms with E-state index >= 15 is 0 Å². The van der Waals surface area contributed by atoms with Crippen molar-refractivity contribution in [3.8, 4) is 0 Å². The van der Waals surface area contributed by atoms with E-state index in [4.69, 9.17) is 10.9 Å². The summed E-state index contributed by atoms with van der Waals surface area (Å²) in [5, 5.41) is 13.5. The molecule has 3 amide bonds. The molecule has 1 aromatic heterocycles. The van der Waals surface area contributed by atoms with Gasteiger partial charge in [-0.25, -0.2) is 0 Å². The summed E-state index contributed by atoms with van der Waals surface area (Å²) in [6.45, 7) is 1.31. The number of pyridine rings is 1. The predicted octanol–water partition coefficient (Wildman–Crippen LogP) is -1.34. The van der Waals surface area contributed by atoms with Gasteiger partial charge in [-0.05, 0) is 19.1 Å². The lowest BCUT2D eigenvalue weighted by atomic mass is 10.1. The molecule has 1 aromatic rings. The Morgan fingerprint density at radius 1 is 1.52 bits per heavy atom. The Bertz CT molecular complexity index is 625. The molecule has 1 unspecified atom stereocenters. The molecule has 2 heterocycles. The van der Waals surface area contributed by atoms with Crippen LogP contribution in [0.1, 0.15) is 23.0 Å². The number of nitrogens with zero attached hydrogens (tertiary/aromatic N) is 3. The third-order valence-electron chi connectivity index (χ3n) is 3.07. The van der Waals surface area contributed by atoms with E-state index in [0.29, 0.717) is 5.56 Å². The van der Waals surface area contributed by atoms with Gasteiger partial charge in [0.1, 0.15) is 18.3 Å². The second-order valence-electron chi connectivity index (χ2n) is 4.44. The fourth-order valence-electron chi connectivity index (χ4n) is 1.84. The number of oxime groups is 1. The van der Waals surface area contributed by atoms with Crippen molar-refractivity contribution in [3.63, 3.8) is 0 Å². The molecule has 1 saturated heterocycles. The highest BCUT2D eigenvalue weighted by molar-refractivity contribution is 6.06. The number of nitrogens with one attached hydrogen (secondary N) is 1. The van der Waals surface area contributed by atoms with Crippen LogP contribution in [0.25, 0.3) is 0 Å². The number of carbonyl (C=O) groups excluding carboxylic acids is 3. The third-order valence-corrected chi connectivity index (χ3v) is 3.07. The van der Waals surface area contributed by atoms with Crippen molar-refractivity contribution in [2.24, 2.45) is 10.9 Å². The highest BCUT2D eigenvalue weighted by Gasteiger charge is 2.34. The number of hydrogen-bond donors (Lipinski definition) is 3. The molecular weight excluding hydrogens is 278 g/mol. The molecule has 0 spiro atoms. The summed E-state index contributed by atoms with van der Waals surface area (Å²) in [5.41, 5.74) is 5.79. The fraction of sp³-hybridized carbons (Fsp3) is 0.250. The van der Waals surface area contributed by atoms with Gasteiger partial charge in [0.25, 0.3) is 5.91 Å². The number of aromatic nitrogens is 1. The lowest BCUT2D eigenvalue weighted by molar-refractivity contribution is -0.138. The van der Waals surface area contributed by atoms with Gasteiger partial charge in [0.2, 0.25) is 11.8 Å². The topological polar surface area (TPSA) is 138 Å². The maximum Gasteiger partial charge on any atom is 0.273 e. The highest BCUT2D eigenvalue weighted by atomic mass is 16.4. The summed E-state index contributed by atoms with van der Waals surface area (Å²) in [5.74, 6) is -1.76. The fourth-order valence-corrected chi connectivity index (χ4v) is 1.84. The van der Waals surface area contributed by atoms with E-state index in [1.54, 1.807) is 0 Å². The first-order valence-electron chi connectivity index (χ1n) is 6.02. The van der Waals surface area contributed by atoms with E-state index in [-0.39, 0.29) is 18.1 Å². The van der Waals surface area contributed by atoms with Gasteiger partial charge in [-0.1, -0.05) is 5.16 Å². The van der Waals surface area contributed by atoms with Crippen LogP contribution >= 0.6 is 0 Å². The van der Waals surface area contributed by atoms with E-state index in [0.717, 1.165) is 4.90 Å². The number of carbonyl (C=O) groups is 3. The van der Waals surface area contributed by atoms with E-state index in [1.165, 1.54) is 25.3 Å². The van der Waals surface area contributed by atoms with Crippen molar-refractivity contribution < 1.29 is 19.6 Å². The first-order valence-corrected chi connectivity index (χ1v) is 6.02. The van der Waals surface area contributed by atoms with Gasteiger partial charge in [0.05, 0.1) is 0 Å². The number of amidine groups is 1. The van der Waals surface area contributed by atoms with Gasteiger partial charge in [-0.2, -0.15) is 0 Å². The zero-order valence-corrected chi connectivity index (χ0v) is 11.1. The smallest absolute Gasteiger partial charge is 0.273 e. The Labute approximate surface area is 119 Å². The molecule has 9 nitrogen and oxygen atoms in total. The molecule has 0 radical (unpaired) electrons. The second-order valence-corrected chi connectivity index (χ2v) is 4.44. The predicted molar refractivity (Wildman–Crippen MR) is 70.4 cm³/mol. The minimum atomic E-state index is -0.763. The van der Waals surface area contributed by atoms with E-state index in [9.17, 15) is 14.4 Å². The van der Waals surface area contributed by atoms with Gasteiger partial charge >= 0.3 is 0 Å². The van der Waals surface area contributed by atoms with Crippen molar-refractivity contribution >= 4 is 23.6 Å². The Hall–Kier alpha value is -2.97. The molecule has 0 aromatic carbocycles. The average molecular weight is 291 g/mol. The number of piperazine rings is 1. The number of nitrogens with two attached hydrogens (primary N) is 1. The van der Waals surface area contributed by atoms with Crippen molar-refractivity contribution in [1.82, 2.24) is 15.2 Å². The van der Waals surface area contributed by atoms with Crippen molar-refractivity contribution in [1.29, 1.82) is 0 Å². The van der Waals surface area contributed by atoms with E-state index in [2.05, 4.69) is 15.5 Å². The summed E-state index contributed by atoms with van der Waals surface area (Å²) in [6.07, 6.45) is 1.26. The second kappa shape index (κ2) is 5.57. The molecule has 4 N–H and O–H groups in total. The third kappa shape index (κ3) is 2.81. The van der Waals surface area contributed by atoms with Gasteiger partial charge in [0, 0.05) is 11.8 Å². The van der Waals surface area contributed by atoms with Crippen molar-refractivity contribution in [3.05, 3.63) is 29.6 Å². The Morgan fingerprint density at radius 3 is 2.81 bits per heavy atom. The van der Waals surface area contributed by atoms with Crippen LogP contribution in [0, 0.1) is 0 Å². The monoisotopic (exact) mass is 291 g/mol. The maximum absolute atomic E-state index is 12.3. The van der Waals surface area contributed by atoms with E-state index < -0.39 is 23.8 Å². The molecular formula is C12H13N5O4. The maximum atomic E-state index is 12.3. The van der Waals surface area contributed by atoms with Crippen LogP contribution < -0.4 is 11.1 Å². The number of imide groups is 1. The summed E-state index contributed by atoms with van der Waals surface area (Å²) < 4.78 is 0. The van der Waals surface area contributed by atoms with Crippen molar-refractivity contribution in [2.45, 2.75) is 13.0 Å². The molecule has 1 aliphatic heterocycles. The van der Waals surface area contributed by atoms with Gasteiger partial charge < -0.3 is 15.8 Å². The SMILES string of the molecule is CC1C(=O)NC(=O)CN1C(=O)c1ccc(C(N)=NO)cn1. The van der Waals surface area contributed by atoms with Crippen LogP contribution in [0.3, 0.4) is 0 Å². The van der Waals surface area contributed by atoms with Crippen LogP contribution in [0.4, 0.5) is 0 Å². The first-order chi connectivity index (χ1) is 9.93. The van der Waals surface area contributed by atoms with Gasteiger partial charge in [-0.15, -0.1) is 0 Å². The van der Waals surface area contributed by atoms with Crippen LogP contribution in [-0.2, 0) is 9.59 Å². The van der Waals surface area contributed by atoms with Crippen LogP contribution in [0.5, 0.6) is 0 Å². The molecule has 0 saturated carbocycles. The summed E-state index contributed by atoms with van der Waals surface area (Å²) in [7, 11) is 0. The first kappa shape index (κ1) is 14.4. The largest absolute Gasteiger partial charge is 0.409 e. The van der Waals surface area contributed by atoms with Gasteiger partial charge in [0.15, 0.2) is 5.84 Å². The minimum Gasteiger partial charge on any atom is -0.409 e. The molecule has 0 aliphatic carbocycles. The van der Waals surface area contributed by atoms with Gasteiger partial charge in [-0.3, -0.25) is 24.7 Å². The average Bonchev–Trinajstić information content (AvgIpc) is 2.49. The van der Waals surface area contributed by atoms with Crippen LogP contribution in [0.15, 0.2) is 23.5 Å². The van der Waals surface area contributed by atoms with E-state index in [1.807, 2.05) is 0 Å². The minimum absolute atomic E-state index is 0.0545. The molecule has 9 heteroatoms. The molecule has 0 bridgehead atoms. The number of amides is 3. The molecule has 21 heavy (non-hydrogen) atoms. The van der Waals surface area contributed by atoms with Crippen LogP contribution in [0.2, 0.25) is 0 Å². The molecule has 1 fully saturated rings. The standard InChI is InChI=1S/C12H13N5O4/c1-6-11(19)15-9(18)5-17(6)12(20)8-3-2-7(4-14-8)10(13)16-21/h2-4,6,21H,5H2,1H3,(H2,13,16)(H,15,18,19). The molecule has 2 rings (SSSR count). The quantitative estimate of drug-likeness (QED) is 0.203. The molecule has 1 atom stereocenters. The van der Waals surface area contributed by atoms with Crippen LogP contribution in [-0.4, -0.2) is 51.2 Å². The zero-order chi connectivity index (χ0) is 15.6. The number of hydrogen-bond acceptors (Lipinski definition) is 6. The van der Waals surface area contributed by atoms with Crippen molar-refractivity contribution in [2.75, 3.05) is 6.54 Å². The lowest BCUT2D eigenvalue weighted by Crippen LogP contribution is -2.58. The Morgan fingerprint density at radius 2 is 2.24 bits per heavy atom. The molecule has 110 valence electrons. The Kier molecular flexibility index (Phi) is 3.83. The molecule has 1 aliphatic rings. The summed E-state index contributed by atoms with van der Waals surface area (Å²) in [6, 6.07) is 2.06. The zero-order valence-electron chi connectivity index (χ0n) is 11.1. The lowest BCUT2D eigenvalue weighted by Gasteiger charge is -2.31. The normalized spacial score (nSPS) is 19.4. The Balaban J connectivity index is 2.23. The highest BCUT2D eigenvalue weighted by Crippen LogP contribution is 2.10. The summed E-state index contributed by atoms with van der Waals surface area (Å²) >= 11 is 0.